The molecule has 58 heavy (non-hydrogen) atoms. The highest BCUT2D eigenvalue weighted by atomic mass is 16.5. The fraction of sp³-hybridized carbons (Fsp3) is 0.0200. The van der Waals surface area contributed by atoms with E-state index in [0.717, 1.165) is 95.7 Å². The van der Waals surface area contributed by atoms with Crippen LogP contribution in [0.4, 0.5) is 17.1 Å². The maximum absolute atomic E-state index is 6.98. The van der Waals surface area contributed by atoms with Crippen LogP contribution in [0.3, 0.4) is 0 Å². The lowest BCUT2D eigenvalue weighted by Gasteiger charge is -2.41. The Kier molecular flexibility index (Phi) is 6.97. The number of para-hydroxylation sites is 3. The van der Waals surface area contributed by atoms with Gasteiger partial charge in [0.25, 0.3) is 0 Å². The van der Waals surface area contributed by atoms with Gasteiger partial charge in [-0.05, 0) is 124 Å². The molecule has 0 radical (unpaired) electrons. The first-order valence-corrected chi connectivity index (χ1v) is 19.1. The molecule has 12 rings (SSSR count). The van der Waals surface area contributed by atoms with Gasteiger partial charge < -0.3 is 14.4 Å². The monoisotopic (exact) mass is 746 g/mol. The molecule has 1 unspecified atom stereocenters. The number of ether oxygens (including phenoxy) is 2. The van der Waals surface area contributed by atoms with Crippen LogP contribution in [0.5, 0.6) is 23.0 Å². The number of nitrogens with zero attached hydrogens (tertiary/aromatic N) is 6. The minimum atomic E-state index is -0.801. The van der Waals surface area contributed by atoms with E-state index in [1.165, 1.54) is 0 Å². The van der Waals surface area contributed by atoms with Crippen molar-refractivity contribution in [3.8, 4) is 67.9 Å². The summed E-state index contributed by atoms with van der Waals surface area (Å²) < 4.78 is 13.8. The number of fused-ring (bicyclic) bond motifs is 12. The lowest BCUT2D eigenvalue weighted by Crippen LogP contribution is -2.33. The maximum atomic E-state index is 6.98. The van der Waals surface area contributed by atoms with E-state index in [0.29, 0.717) is 11.5 Å². The van der Waals surface area contributed by atoms with E-state index < -0.39 is 5.41 Å². The van der Waals surface area contributed by atoms with Crippen LogP contribution in [0.1, 0.15) is 22.3 Å². The Hall–Kier alpha value is -7.97. The van der Waals surface area contributed by atoms with Crippen molar-refractivity contribution in [1.82, 2.24) is 24.9 Å². The first kappa shape index (κ1) is 32.3. The molecule has 3 aliphatic rings. The van der Waals surface area contributed by atoms with Crippen molar-refractivity contribution in [3.05, 3.63) is 205 Å². The van der Waals surface area contributed by atoms with Crippen LogP contribution in [0, 0.1) is 0 Å². The van der Waals surface area contributed by atoms with Crippen LogP contribution in [0.2, 0.25) is 0 Å². The Balaban J connectivity index is 1.09. The summed E-state index contributed by atoms with van der Waals surface area (Å²) in [5.74, 6) is 2.76. The number of benzene rings is 4. The molecule has 4 aromatic carbocycles. The molecule has 0 fully saturated rings. The van der Waals surface area contributed by atoms with Crippen LogP contribution < -0.4 is 14.4 Å². The van der Waals surface area contributed by atoms with Gasteiger partial charge in [-0.1, -0.05) is 48.5 Å². The fourth-order valence-corrected chi connectivity index (χ4v) is 9.00. The lowest BCUT2D eigenvalue weighted by molar-refractivity contribution is 0.391. The molecule has 0 saturated heterocycles. The van der Waals surface area contributed by atoms with E-state index >= 15 is 0 Å². The molecular weight excluding hydrogens is 717 g/mol. The summed E-state index contributed by atoms with van der Waals surface area (Å²) in [4.78, 5) is 25.8. The summed E-state index contributed by atoms with van der Waals surface area (Å²) >= 11 is 0. The van der Waals surface area contributed by atoms with Crippen LogP contribution in [-0.2, 0) is 5.41 Å². The van der Waals surface area contributed by atoms with Gasteiger partial charge in [-0.3, -0.25) is 19.9 Å². The Morgan fingerprint density at radius 1 is 0.431 bits per heavy atom. The van der Waals surface area contributed by atoms with Crippen molar-refractivity contribution in [3.63, 3.8) is 0 Å². The Bertz CT molecular complexity index is 3030. The Morgan fingerprint density at radius 2 is 1.09 bits per heavy atom. The molecule has 0 saturated carbocycles. The predicted molar refractivity (Wildman–Crippen MR) is 224 cm³/mol. The van der Waals surface area contributed by atoms with Gasteiger partial charge in [0.15, 0.2) is 17.2 Å². The van der Waals surface area contributed by atoms with Gasteiger partial charge in [0.05, 0.1) is 45.8 Å². The standard InChI is InChI=1S/C50H30N6O2/c1-3-11-44-37(8-1)50(40-14-16-43-49(48(40)57-44)58-45-12-4-2-10-42(45)56(43)36-7-5-21-53-30-36)38-9-6-22-54-46(38)47-39(50)13-15-41(55-47)35-28-33(31-17-23-51-24-18-31)27-34(29-35)32-19-25-52-26-20-32/h1-30H. The third-order valence-corrected chi connectivity index (χ3v) is 11.5. The molecule has 8 nitrogen and oxygen atoms in total. The molecule has 9 aromatic rings. The van der Waals surface area contributed by atoms with E-state index in [2.05, 4.69) is 92.6 Å². The third-order valence-electron chi connectivity index (χ3n) is 11.5. The van der Waals surface area contributed by atoms with Crippen LogP contribution >= 0.6 is 0 Å². The molecular formula is C50H30N6O2. The number of hydrogen-bond acceptors (Lipinski definition) is 8. The highest BCUT2D eigenvalue weighted by molar-refractivity contribution is 5.92. The first-order chi connectivity index (χ1) is 28.8. The SMILES string of the molecule is c1cncc(N2c3ccccc3Oc3c2ccc2c3Oc3ccccc3C23c2cccnc2-c2nc(-c4cc(-c5ccncc5)cc(-c5ccncc5)c4)ccc23)c1. The van der Waals surface area contributed by atoms with Gasteiger partial charge in [-0.25, -0.2) is 4.98 Å². The predicted octanol–water partition coefficient (Wildman–Crippen LogP) is 11.7. The maximum Gasteiger partial charge on any atom is 0.194 e. The minimum absolute atomic E-state index is 0.633. The topological polar surface area (TPSA) is 86.2 Å². The van der Waals surface area contributed by atoms with Gasteiger partial charge >= 0.3 is 0 Å². The zero-order valence-corrected chi connectivity index (χ0v) is 30.8. The largest absolute Gasteiger partial charge is 0.453 e. The summed E-state index contributed by atoms with van der Waals surface area (Å²) in [6.45, 7) is 0. The minimum Gasteiger partial charge on any atom is -0.453 e. The number of anilines is 3. The van der Waals surface area contributed by atoms with Crippen molar-refractivity contribution in [1.29, 1.82) is 0 Å². The van der Waals surface area contributed by atoms with E-state index in [1.54, 1.807) is 6.20 Å². The van der Waals surface area contributed by atoms with Gasteiger partial charge in [-0.2, -0.15) is 0 Å². The summed E-state index contributed by atoms with van der Waals surface area (Å²) in [5, 5.41) is 0. The second kappa shape index (κ2) is 12.5. The molecule has 1 spiro atoms. The molecule has 0 amide bonds. The van der Waals surface area contributed by atoms with Crippen molar-refractivity contribution in [2.24, 2.45) is 0 Å². The summed E-state index contributed by atoms with van der Waals surface area (Å²) in [5.41, 5.74) is 13.7. The molecule has 8 heteroatoms. The molecule has 5 aromatic heterocycles. The molecule has 2 aliphatic heterocycles. The normalized spacial score (nSPS) is 15.2. The van der Waals surface area contributed by atoms with Gasteiger partial charge in [-0.15, -0.1) is 0 Å². The number of hydrogen-bond donors (Lipinski definition) is 0. The highest BCUT2D eigenvalue weighted by Gasteiger charge is 2.54. The molecule has 0 N–H and O–H groups in total. The Morgan fingerprint density at radius 3 is 1.86 bits per heavy atom. The molecule has 0 bridgehead atoms. The van der Waals surface area contributed by atoms with Crippen LogP contribution in [0.25, 0.3) is 44.9 Å². The van der Waals surface area contributed by atoms with E-state index in [9.17, 15) is 0 Å². The number of aromatic nitrogens is 5. The number of pyridine rings is 5. The highest BCUT2D eigenvalue weighted by Crippen LogP contribution is 2.65. The third kappa shape index (κ3) is 4.66. The fourth-order valence-electron chi connectivity index (χ4n) is 9.00. The van der Waals surface area contributed by atoms with Crippen LogP contribution in [-0.4, -0.2) is 24.9 Å². The van der Waals surface area contributed by atoms with Crippen LogP contribution in [0.15, 0.2) is 183 Å². The van der Waals surface area contributed by atoms with Crippen molar-refractivity contribution in [2.45, 2.75) is 5.41 Å². The van der Waals surface area contributed by atoms with Crippen molar-refractivity contribution >= 4 is 17.1 Å². The average Bonchev–Trinajstić information content (AvgIpc) is 3.59. The summed E-state index contributed by atoms with van der Waals surface area (Å²) in [7, 11) is 0. The van der Waals surface area contributed by atoms with Gasteiger partial charge in [0.2, 0.25) is 0 Å². The molecule has 272 valence electrons. The van der Waals surface area contributed by atoms with Crippen molar-refractivity contribution in [2.75, 3.05) is 4.90 Å². The van der Waals surface area contributed by atoms with Gasteiger partial charge in [0, 0.05) is 53.9 Å². The van der Waals surface area contributed by atoms with Gasteiger partial charge in [0.1, 0.15) is 5.75 Å². The summed E-state index contributed by atoms with van der Waals surface area (Å²) in [6.07, 6.45) is 12.8. The Labute approximate surface area is 333 Å². The first-order valence-electron chi connectivity index (χ1n) is 19.1. The number of rotatable bonds is 4. The van der Waals surface area contributed by atoms with Crippen molar-refractivity contribution < 1.29 is 9.47 Å². The smallest absolute Gasteiger partial charge is 0.194 e. The van der Waals surface area contributed by atoms with E-state index in [4.69, 9.17) is 19.4 Å². The zero-order valence-electron chi connectivity index (χ0n) is 30.8. The molecule has 7 heterocycles. The zero-order chi connectivity index (χ0) is 38.2. The van der Waals surface area contributed by atoms with E-state index in [-0.39, 0.29) is 0 Å². The molecule has 1 atom stereocenters. The van der Waals surface area contributed by atoms with E-state index in [1.807, 2.05) is 104 Å². The quantitative estimate of drug-likeness (QED) is 0.176. The second-order valence-electron chi connectivity index (χ2n) is 14.5. The summed E-state index contributed by atoms with van der Waals surface area (Å²) in [6, 6.07) is 48.0. The average molecular weight is 747 g/mol. The lowest BCUT2D eigenvalue weighted by atomic mass is 9.66. The second-order valence-corrected chi connectivity index (χ2v) is 14.5. The molecule has 1 aliphatic carbocycles.